The number of carbonyl (C=O) groups is 1. The molecule has 1 saturated heterocycles. The second-order valence-corrected chi connectivity index (χ2v) is 7.23. The number of aromatic nitrogens is 1. The Hall–Kier alpha value is -2.18. The van der Waals surface area contributed by atoms with E-state index in [1.165, 1.54) is 0 Å². The van der Waals surface area contributed by atoms with Crippen LogP contribution in [0.3, 0.4) is 0 Å². The van der Waals surface area contributed by atoms with Gasteiger partial charge in [-0.15, -0.1) is 0 Å². The molecule has 0 spiro atoms. The van der Waals surface area contributed by atoms with Crippen molar-refractivity contribution in [3.05, 3.63) is 59.9 Å². The molecule has 0 radical (unpaired) electrons. The van der Waals surface area contributed by atoms with Crippen LogP contribution >= 0.6 is 0 Å². The van der Waals surface area contributed by atoms with E-state index in [1.807, 2.05) is 52.0 Å². The van der Waals surface area contributed by atoms with Crippen molar-refractivity contribution in [2.24, 2.45) is 0 Å². The first-order valence-corrected chi connectivity index (χ1v) is 8.42. The maximum Gasteiger partial charge on any atom is 0.494 e. The maximum atomic E-state index is 12.0. The zero-order chi connectivity index (χ0) is 18.1. The zero-order valence-corrected chi connectivity index (χ0v) is 15.1. The highest BCUT2D eigenvalue weighted by molar-refractivity contribution is 6.62. The van der Waals surface area contributed by atoms with E-state index in [1.54, 1.807) is 24.4 Å². The summed E-state index contributed by atoms with van der Waals surface area (Å²) in [7, 11) is -0.373. The number of pyridine rings is 1. The van der Waals surface area contributed by atoms with Crippen molar-refractivity contribution in [2.75, 3.05) is 0 Å². The fourth-order valence-electron chi connectivity index (χ4n) is 2.54. The second-order valence-electron chi connectivity index (χ2n) is 7.23. The lowest BCUT2D eigenvalue weighted by Crippen LogP contribution is -2.41. The Kier molecular flexibility index (Phi) is 4.67. The topological polar surface area (TPSA) is 60.5 Å². The Balaban J connectivity index is 1.61. The van der Waals surface area contributed by atoms with Gasteiger partial charge in [0.1, 0.15) is 5.69 Å². The van der Waals surface area contributed by atoms with Crippen molar-refractivity contribution < 1.29 is 14.1 Å². The van der Waals surface area contributed by atoms with Crippen molar-refractivity contribution in [3.63, 3.8) is 0 Å². The lowest BCUT2D eigenvalue weighted by molar-refractivity contribution is 0.00578. The molecule has 1 fully saturated rings. The molecular formula is C19H23BN2O3. The first-order valence-electron chi connectivity index (χ1n) is 8.42. The second kappa shape index (κ2) is 6.62. The summed E-state index contributed by atoms with van der Waals surface area (Å²) in [5.74, 6) is -0.185. The van der Waals surface area contributed by atoms with Gasteiger partial charge in [0.25, 0.3) is 5.91 Å². The van der Waals surface area contributed by atoms with Gasteiger partial charge in [0.05, 0.1) is 11.2 Å². The molecule has 0 bridgehead atoms. The minimum Gasteiger partial charge on any atom is -0.399 e. The summed E-state index contributed by atoms with van der Waals surface area (Å²) in [5.41, 5.74) is 1.68. The standard InChI is InChI=1S/C19H23BN2O3/c1-18(2)19(3,4)25-20(24-18)15-10-8-14(9-11-15)13-22-17(23)16-7-5-6-12-21-16/h5-12H,13H2,1-4H3,(H,22,23). The average Bonchev–Trinajstić information content (AvgIpc) is 2.82. The van der Waals surface area contributed by atoms with E-state index in [0.717, 1.165) is 11.0 Å². The van der Waals surface area contributed by atoms with Gasteiger partial charge in [0.15, 0.2) is 0 Å². The van der Waals surface area contributed by atoms with E-state index < -0.39 is 0 Å². The number of rotatable bonds is 4. The van der Waals surface area contributed by atoms with Crippen molar-refractivity contribution >= 4 is 18.5 Å². The molecule has 0 saturated carbocycles. The van der Waals surface area contributed by atoms with Crippen LogP contribution in [0, 0.1) is 0 Å². The van der Waals surface area contributed by atoms with Gasteiger partial charge in [-0.05, 0) is 50.9 Å². The molecule has 2 heterocycles. The third-order valence-electron chi connectivity index (χ3n) is 4.86. The molecule has 1 aliphatic heterocycles. The van der Waals surface area contributed by atoms with Crippen molar-refractivity contribution in [1.82, 2.24) is 10.3 Å². The molecule has 0 aliphatic carbocycles. The molecule has 0 atom stereocenters. The molecule has 130 valence electrons. The lowest BCUT2D eigenvalue weighted by Gasteiger charge is -2.32. The van der Waals surface area contributed by atoms with Crippen molar-refractivity contribution in [1.29, 1.82) is 0 Å². The molecule has 1 aliphatic rings. The van der Waals surface area contributed by atoms with Crippen LogP contribution in [0.15, 0.2) is 48.7 Å². The summed E-state index contributed by atoms with van der Waals surface area (Å²) in [5, 5.41) is 2.87. The average molecular weight is 338 g/mol. The number of benzene rings is 1. The van der Waals surface area contributed by atoms with E-state index in [9.17, 15) is 4.79 Å². The van der Waals surface area contributed by atoms with Crippen LogP contribution in [-0.2, 0) is 15.9 Å². The Morgan fingerprint density at radius 1 is 1.04 bits per heavy atom. The SMILES string of the molecule is CC1(C)OB(c2ccc(CNC(=O)c3ccccn3)cc2)OC1(C)C. The molecule has 1 aromatic carbocycles. The first-order chi connectivity index (χ1) is 11.8. The largest absolute Gasteiger partial charge is 0.494 e. The molecule has 2 aromatic rings. The Morgan fingerprint density at radius 2 is 1.68 bits per heavy atom. The van der Waals surface area contributed by atoms with Gasteiger partial charge in [-0.3, -0.25) is 9.78 Å². The van der Waals surface area contributed by atoms with E-state index in [2.05, 4.69) is 10.3 Å². The van der Waals surface area contributed by atoms with Crippen molar-refractivity contribution in [2.45, 2.75) is 45.4 Å². The number of carbonyl (C=O) groups excluding carboxylic acids is 1. The van der Waals surface area contributed by atoms with Gasteiger partial charge in [-0.2, -0.15) is 0 Å². The van der Waals surface area contributed by atoms with Gasteiger partial charge in [-0.25, -0.2) is 0 Å². The van der Waals surface area contributed by atoms with Crippen LogP contribution in [0.2, 0.25) is 0 Å². The van der Waals surface area contributed by atoms with E-state index >= 15 is 0 Å². The molecule has 1 amide bonds. The molecule has 1 N–H and O–H groups in total. The Labute approximate surface area is 148 Å². The molecule has 5 nitrogen and oxygen atoms in total. The monoisotopic (exact) mass is 338 g/mol. The van der Waals surface area contributed by atoms with Gasteiger partial charge in [0, 0.05) is 12.7 Å². The summed E-state index contributed by atoms with van der Waals surface area (Å²) in [4.78, 5) is 16.1. The fourth-order valence-corrected chi connectivity index (χ4v) is 2.54. The molecule has 6 heteroatoms. The van der Waals surface area contributed by atoms with Crippen molar-refractivity contribution in [3.8, 4) is 0 Å². The maximum absolute atomic E-state index is 12.0. The first kappa shape index (κ1) is 17.6. The van der Waals surface area contributed by atoms with Crippen LogP contribution in [0.25, 0.3) is 0 Å². The third kappa shape index (κ3) is 3.75. The molecule has 1 aromatic heterocycles. The number of nitrogens with one attached hydrogen (secondary N) is 1. The zero-order valence-electron chi connectivity index (χ0n) is 15.1. The summed E-state index contributed by atoms with van der Waals surface area (Å²) in [6, 6.07) is 13.2. The Bertz CT molecular complexity index is 729. The fraction of sp³-hybridized carbons (Fsp3) is 0.368. The number of hydrogen-bond acceptors (Lipinski definition) is 4. The molecule has 0 unspecified atom stereocenters. The molecule has 3 rings (SSSR count). The van der Waals surface area contributed by atoms with Gasteiger partial charge < -0.3 is 14.6 Å². The van der Waals surface area contributed by atoms with E-state index in [4.69, 9.17) is 9.31 Å². The minimum absolute atomic E-state index is 0.185. The predicted octanol–water partition coefficient (Wildman–Crippen LogP) is 2.31. The van der Waals surface area contributed by atoms with Crippen LogP contribution in [0.1, 0.15) is 43.7 Å². The van der Waals surface area contributed by atoms with Gasteiger partial charge >= 0.3 is 7.12 Å². The van der Waals surface area contributed by atoms with Crippen LogP contribution in [-0.4, -0.2) is 29.2 Å². The van der Waals surface area contributed by atoms with Crippen LogP contribution in [0.5, 0.6) is 0 Å². The van der Waals surface area contributed by atoms with E-state index in [0.29, 0.717) is 12.2 Å². The highest BCUT2D eigenvalue weighted by atomic mass is 16.7. The summed E-state index contributed by atoms with van der Waals surface area (Å²) >= 11 is 0. The summed E-state index contributed by atoms with van der Waals surface area (Å²) in [6.07, 6.45) is 1.61. The third-order valence-corrected chi connectivity index (χ3v) is 4.86. The van der Waals surface area contributed by atoms with E-state index in [-0.39, 0.29) is 24.2 Å². The van der Waals surface area contributed by atoms with Crippen LogP contribution < -0.4 is 10.8 Å². The van der Waals surface area contributed by atoms with Crippen LogP contribution in [0.4, 0.5) is 0 Å². The number of hydrogen-bond donors (Lipinski definition) is 1. The number of amides is 1. The summed E-state index contributed by atoms with van der Waals surface area (Å²) in [6.45, 7) is 8.59. The molecule has 25 heavy (non-hydrogen) atoms. The van der Waals surface area contributed by atoms with Gasteiger partial charge in [-0.1, -0.05) is 30.3 Å². The highest BCUT2D eigenvalue weighted by Crippen LogP contribution is 2.36. The highest BCUT2D eigenvalue weighted by Gasteiger charge is 2.51. The predicted molar refractivity (Wildman–Crippen MR) is 97.6 cm³/mol. The lowest BCUT2D eigenvalue weighted by atomic mass is 9.79. The normalized spacial score (nSPS) is 18.2. The summed E-state index contributed by atoms with van der Waals surface area (Å²) < 4.78 is 12.1. The smallest absolute Gasteiger partial charge is 0.399 e. The quantitative estimate of drug-likeness (QED) is 0.869. The Morgan fingerprint density at radius 3 is 2.24 bits per heavy atom. The van der Waals surface area contributed by atoms with Gasteiger partial charge in [0.2, 0.25) is 0 Å². The minimum atomic E-state index is -0.373. The molecular weight excluding hydrogens is 315 g/mol. The number of nitrogens with zero attached hydrogens (tertiary/aromatic N) is 1.